The van der Waals surface area contributed by atoms with Gasteiger partial charge >= 0.3 is 0 Å². The molecule has 0 aliphatic heterocycles. The van der Waals surface area contributed by atoms with Crippen LogP contribution in [-0.2, 0) is 0 Å². The van der Waals surface area contributed by atoms with E-state index in [0.29, 0.717) is 17.3 Å². The Kier molecular flexibility index (Phi) is 4.61. The minimum Gasteiger partial charge on any atom is -0.305 e. The number of aromatic nitrogens is 5. The van der Waals surface area contributed by atoms with Gasteiger partial charge in [-0.15, -0.1) is 0 Å². The van der Waals surface area contributed by atoms with Crippen LogP contribution >= 0.6 is 0 Å². The van der Waals surface area contributed by atoms with E-state index in [9.17, 15) is 4.79 Å². The second-order valence-corrected chi connectivity index (χ2v) is 8.56. The molecule has 3 heterocycles. The summed E-state index contributed by atoms with van der Waals surface area (Å²) in [4.78, 5) is 18.3. The van der Waals surface area contributed by atoms with Crippen molar-refractivity contribution >= 4 is 22.8 Å². The monoisotopic (exact) mass is 414 g/mol. The normalized spacial score (nSPS) is 13.8. The standard InChI is InChI=1S/C24H26N6O/c1-14(2)29-15(3)12-21(28-29)26-24(31)19-13-20(17-10-11-17)25-23-22(19)16(4)27-30(23)18-8-6-5-7-9-18/h5-9,12-14,17H,10-11H2,1-4H3,(H,26,28,31). The Labute approximate surface area is 181 Å². The van der Waals surface area contributed by atoms with Gasteiger partial charge in [-0.2, -0.15) is 10.2 Å². The number of nitrogens with one attached hydrogen (secondary N) is 1. The Hall–Kier alpha value is -3.48. The number of carbonyl (C=O) groups is 1. The van der Waals surface area contributed by atoms with Crippen LogP contribution in [0, 0.1) is 13.8 Å². The van der Waals surface area contributed by atoms with E-state index < -0.39 is 0 Å². The molecular formula is C24H26N6O. The minimum absolute atomic E-state index is 0.182. The smallest absolute Gasteiger partial charge is 0.257 e. The van der Waals surface area contributed by atoms with Crippen molar-refractivity contribution in [2.24, 2.45) is 0 Å². The summed E-state index contributed by atoms with van der Waals surface area (Å²) in [6, 6.07) is 14.0. The Morgan fingerprint density at radius 2 is 1.84 bits per heavy atom. The molecule has 1 saturated carbocycles. The minimum atomic E-state index is -0.182. The number of nitrogens with zero attached hydrogens (tertiary/aromatic N) is 5. The first kappa shape index (κ1) is 19.5. The van der Waals surface area contributed by atoms with Crippen LogP contribution in [0.2, 0.25) is 0 Å². The van der Waals surface area contributed by atoms with E-state index in [4.69, 9.17) is 10.1 Å². The average molecular weight is 415 g/mol. The van der Waals surface area contributed by atoms with E-state index in [1.54, 1.807) is 0 Å². The molecule has 7 heteroatoms. The fourth-order valence-electron chi connectivity index (χ4n) is 4.08. The molecule has 4 aromatic rings. The fraction of sp³-hybridized carbons (Fsp3) is 0.333. The van der Waals surface area contributed by atoms with Crippen molar-refractivity contribution in [3.05, 3.63) is 65.1 Å². The molecule has 1 aromatic carbocycles. The quantitative estimate of drug-likeness (QED) is 0.501. The van der Waals surface area contributed by atoms with Gasteiger partial charge in [0.15, 0.2) is 11.5 Å². The third kappa shape index (κ3) is 3.50. The Balaban J connectivity index is 1.61. The van der Waals surface area contributed by atoms with Gasteiger partial charge in [0, 0.05) is 29.4 Å². The summed E-state index contributed by atoms with van der Waals surface area (Å²) in [5, 5.41) is 13.1. The maximum atomic E-state index is 13.4. The van der Waals surface area contributed by atoms with Gasteiger partial charge in [-0.05, 0) is 58.7 Å². The van der Waals surface area contributed by atoms with E-state index in [0.717, 1.165) is 46.6 Å². The number of pyridine rings is 1. The van der Waals surface area contributed by atoms with Gasteiger partial charge in [0.2, 0.25) is 0 Å². The summed E-state index contributed by atoms with van der Waals surface area (Å²) in [5.74, 6) is 0.790. The first-order chi connectivity index (χ1) is 14.9. The van der Waals surface area contributed by atoms with E-state index in [1.165, 1.54) is 0 Å². The van der Waals surface area contributed by atoms with Gasteiger partial charge in [-0.25, -0.2) is 9.67 Å². The number of amides is 1. The second-order valence-electron chi connectivity index (χ2n) is 8.56. The van der Waals surface area contributed by atoms with Crippen LogP contribution in [0.15, 0.2) is 42.5 Å². The summed E-state index contributed by atoms with van der Waals surface area (Å²) in [6.07, 6.45) is 2.21. The van der Waals surface area contributed by atoms with Crippen LogP contribution < -0.4 is 5.32 Å². The van der Waals surface area contributed by atoms with Gasteiger partial charge in [0.25, 0.3) is 5.91 Å². The number of carbonyl (C=O) groups excluding carboxylic acids is 1. The van der Waals surface area contributed by atoms with Crippen molar-refractivity contribution in [2.45, 2.75) is 52.5 Å². The number of hydrogen-bond donors (Lipinski definition) is 1. The SMILES string of the molecule is Cc1nn(-c2ccccc2)c2nc(C3CC3)cc(C(=O)Nc3cc(C)n(C(C)C)n3)c12. The van der Waals surface area contributed by atoms with Crippen molar-refractivity contribution < 1.29 is 4.79 Å². The van der Waals surface area contributed by atoms with E-state index in [2.05, 4.69) is 24.3 Å². The summed E-state index contributed by atoms with van der Waals surface area (Å²) < 4.78 is 3.75. The molecule has 0 atom stereocenters. The lowest BCUT2D eigenvalue weighted by Crippen LogP contribution is -2.15. The van der Waals surface area contributed by atoms with E-state index in [1.807, 2.05) is 65.7 Å². The maximum absolute atomic E-state index is 13.4. The van der Waals surface area contributed by atoms with Crippen LogP contribution in [0.4, 0.5) is 5.82 Å². The van der Waals surface area contributed by atoms with Crippen molar-refractivity contribution in [3.8, 4) is 5.69 Å². The third-order valence-electron chi connectivity index (χ3n) is 5.73. The number of hydrogen-bond acceptors (Lipinski definition) is 4. The zero-order valence-corrected chi connectivity index (χ0v) is 18.3. The number of para-hydroxylation sites is 1. The molecule has 1 aliphatic carbocycles. The van der Waals surface area contributed by atoms with Crippen molar-refractivity contribution in [1.82, 2.24) is 24.5 Å². The number of aryl methyl sites for hydroxylation is 2. The lowest BCUT2D eigenvalue weighted by Gasteiger charge is -2.09. The topological polar surface area (TPSA) is 77.6 Å². The second kappa shape index (κ2) is 7.34. The molecule has 0 bridgehead atoms. The highest BCUT2D eigenvalue weighted by Gasteiger charge is 2.29. The fourth-order valence-corrected chi connectivity index (χ4v) is 4.08. The highest BCUT2D eigenvalue weighted by Crippen LogP contribution is 2.40. The average Bonchev–Trinajstić information content (AvgIpc) is 3.46. The summed E-state index contributed by atoms with van der Waals surface area (Å²) in [5.41, 5.74) is 5.00. The Morgan fingerprint density at radius 1 is 1.10 bits per heavy atom. The van der Waals surface area contributed by atoms with Gasteiger partial charge in [0.1, 0.15) is 0 Å². The highest BCUT2D eigenvalue weighted by molar-refractivity contribution is 6.12. The zero-order chi connectivity index (χ0) is 21.7. The van der Waals surface area contributed by atoms with Gasteiger partial charge in [-0.1, -0.05) is 18.2 Å². The molecule has 0 saturated heterocycles. The van der Waals surface area contributed by atoms with E-state index in [-0.39, 0.29) is 11.9 Å². The first-order valence-electron chi connectivity index (χ1n) is 10.8. The number of benzene rings is 1. The van der Waals surface area contributed by atoms with Crippen molar-refractivity contribution in [2.75, 3.05) is 5.32 Å². The number of fused-ring (bicyclic) bond motifs is 1. The molecule has 31 heavy (non-hydrogen) atoms. The van der Waals surface area contributed by atoms with Crippen LogP contribution in [0.5, 0.6) is 0 Å². The summed E-state index contributed by atoms with van der Waals surface area (Å²) in [7, 11) is 0. The molecule has 5 rings (SSSR count). The predicted octanol–water partition coefficient (Wildman–Crippen LogP) is 4.94. The number of anilines is 1. The van der Waals surface area contributed by atoms with Gasteiger partial charge < -0.3 is 5.32 Å². The molecule has 1 N–H and O–H groups in total. The first-order valence-corrected chi connectivity index (χ1v) is 10.8. The largest absolute Gasteiger partial charge is 0.305 e. The third-order valence-corrected chi connectivity index (χ3v) is 5.73. The van der Waals surface area contributed by atoms with Crippen LogP contribution in [0.1, 0.15) is 66.1 Å². The van der Waals surface area contributed by atoms with Crippen LogP contribution in [-0.4, -0.2) is 30.5 Å². The Bertz CT molecular complexity index is 1280. The highest BCUT2D eigenvalue weighted by atomic mass is 16.1. The molecule has 1 aliphatic rings. The molecule has 0 radical (unpaired) electrons. The number of rotatable bonds is 5. The van der Waals surface area contributed by atoms with Crippen molar-refractivity contribution in [1.29, 1.82) is 0 Å². The molecule has 7 nitrogen and oxygen atoms in total. The molecule has 0 spiro atoms. The predicted molar refractivity (Wildman–Crippen MR) is 121 cm³/mol. The summed E-state index contributed by atoms with van der Waals surface area (Å²) >= 11 is 0. The van der Waals surface area contributed by atoms with Crippen molar-refractivity contribution in [3.63, 3.8) is 0 Å². The lowest BCUT2D eigenvalue weighted by atomic mass is 10.1. The van der Waals surface area contributed by atoms with Gasteiger partial charge in [-0.3, -0.25) is 9.48 Å². The van der Waals surface area contributed by atoms with Crippen LogP contribution in [0.25, 0.3) is 16.7 Å². The van der Waals surface area contributed by atoms with Gasteiger partial charge in [0.05, 0.1) is 22.3 Å². The summed E-state index contributed by atoms with van der Waals surface area (Å²) in [6.45, 7) is 8.06. The molecule has 1 fully saturated rings. The lowest BCUT2D eigenvalue weighted by molar-refractivity contribution is 0.102. The Morgan fingerprint density at radius 3 is 2.48 bits per heavy atom. The molecular weight excluding hydrogens is 388 g/mol. The molecule has 158 valence electrons. The molecule has 1 amide bonds. The molecule has 0 unspecified atom stereocenters. The zero-order valence-electron chi connectivity index (χ0n) is 18.3. The van der Waals surface area contributed by atoms with E-state index >= 15 is 0 Å². The molecule has 3 aromatic heterocycles. The maximum Gasteiger partial charge on any atom is 0.257 e. The van der Waals surface area contributed by atoms with Crippen LogP contribution in [0.3, 0.4) is 0 Å².